The lowest BCUT2D eigenvalue weighted by Gasteiger charge is -2.15. The van der Waals surface area contributed by atoms with E-state index in [4.69, 9.17) is 17.0 Å². The summed E-state index contributed by atoms with van der Waals surface area (Å²) in [6, 6.07) is 0. The second-order valence-electron chi connectivity index (χ2n) is 2.82. The lowest BCUT2D eigenvalue weighted by molar-refractivity contribution is 0.455. The van der Waals surface area contributed by atoms with Crippen LogP contribution in [0.4, 0.5) is 0 Å². The Bertz CT molecular complexity index is 324. The van der Waals surface area contributed by atoms with E-state index in [1.54, 1.807) is 23.1 Å². The summed E-state index contributed by atoms with van der Waals surface area (Å²) in [6.45, 7) is 1.75. The summed E-state index contributed by atoms with van der Waals surface area (Å²) in [4.78, 5) is 2.05. The van der Waals surface area contributed by atoms with Gasteiger partial charge in [0.05, 0.1) is 5.02 Å². The van der Waals surface area contributed by atoms with E-state index in [1.807, 2.05) is 5.38 Å². The zero-order valence-electron chi connectivity index (χ0n) is 6.92. The summed E-state index contributed by atoms with van der Waals surface area (Å²) in [6.07, 6.45) is 0. The van der Waals surface area contributed by atoms with Crippen molar-refractivity contribution in [2.24, 2.45) is 0 Å². The second kappa shape index (κ2) is 3.90. The van der Waals surface area contributed by atoms with Gasteiger partial charge in [0.15, 0.2) is 5.17 Å². The average molecular weight is 233 g/mol. The van der Waals surface area contributed by atoms with E-state index >= 15 is 0 Å². The molecule has 2 rings (SSSR count). The van der Waals surface area contributed by atoms with Gasteiger partial charge in [0, 0.05) is 29.8 Å². The molecule has 1 aliphatic heterocycles. The van der Waals surface area contributed by atoms with Crippen LogP contribution in [-0.2, 0) is 6.54 Å². The molecule has 0 spiro atoms. The number of hydrogen-bond acceptors (Lipinski definition) is 3. The summed E-state index contributed by atoms with van der Waals surface area (Å²) >= 11 is 9.19. The van der Waals surface area contributed by atoms with Gasteiger partial charge in [0.25, 0.3) is 0 Å². The van der Waals surface area contributed by atoms with Crippen molar-refractivity contribution >= 4 is 39.9 Å². The van der Waals surface area contributed by atoms with Gasteiger partial charge in [-0.05, 0) is 5.38 Å². The molecule has 0 radical (unpaired) electrons. The Balaban J connectivity index is 2.06. The molecule has 0 amide bonds. The molecule has 0 atom stereocenters. The van der Waals surface area contributed by atoms with Crippen LogP contribution in [0.1, 0.15) is 5.56 Å². The van der Waals surface area contributed by atoms with E-state index < -0.39 is 0 Å². The molecule has 1 aliphatic rings. The Hall–Kier alpha value is -0.190. The van der Waals surface area contributed by atoms with Crippen LogP contribution in [0.2, 0.25) is 5.02 Å². The molecule has 13 heavy (non-hydrogen) atoms. The maximum absolute atomic E-state index is 7.63. The molecule has 0 saturated carbocycles. The van der Waals surface area contributed by atoms with Crippen LogP contribution >= 0.6 is 34.7 Å². The maximum Gasteiger partial charge on any atom is 0.156 e. The smallest absolute Gasteiger partial charge is 0.156 e. The quantitative estimate of drug-likeness (QED) is 0.849. The van der Waals surface area contributed by atoms with Crippen LogP contribution in [-0.4, -0.2) is 22.4 Å². The maximum atomic E-state index is 7.63. The van der Waals surface area contributed by atoms with Gasteiger partial charge >= 0.3 is 0 Å². The highest BCUT2D eigenvalue weighted by atomic mass is 35.5. The molecule has 2 heterocycles. The van der Waals surface area contributed by atoms with Gasteiger partial charge in [0.1, 0.15) is 0 Å². The van der Waals surface area contributed by atoms with Crippen LogP contribution in [0.15, 0.2) is 10.8 Å². The molecular weight excluding hydrogens is 224 g/mol. The number of nitrogens with one attached hydrogen (secondary N) is 1. The Morgan fingerprint density at radius 1 is 1.54 bits per heavy atom. The van der Waals surface area contributed by atoms with Crippen LogP contribution in [0.3, 0.4) is 0 Å². The van der Waals surface area contributed by atoms with Gasteiger partial charge in [-0.1, -0.05) is 23.4 Å². The first kappa shape index (κ1) is 9.37. The molecule has 5 heteroatoms. The number of rotatable bonds is 2. The monoisotopic (exact) mass is 232 g/mol. The molecule has 1 fully saturated rings. The Morgan fingerprint density at radius 3 is 2.92 bits per heavy atom. The fourth-order valence-electron chi connectivity index (χ4n) is 1.22. The minimum atomic E-state index is 0.669. The first-order valence-corrected chi connectivity index (χ1v) is 6.25. The summed E-state index contributed by atoms with van der Waals surface area (Å²) in [7, 11) is 0. The van der Waals surface area contributed by atoms with E-state index in [2.05, 4.69) is 10.3 Å². The van der Waals surface area contributed by atoms with Gasteiger partial charge in [-0.2, -0.15) is 11.3 Å². The number of thioether (sulfide) groups is 1. The van der Waals surface area contributed by atoms with Gasteiger partial charge in [-0.15, -0.1) is 0 Å². The number of hydrogen-bond donors (Lipinski definition) is 1. The highest BCUT2D eigenvalue weighted by Crippen LogP contribution is 2.25. The third-order valence-electron chi connectivity index (χ3n) is 1.94. The van der Waals surface area contributed by atoms with Crippen molar-refractivity contribution in [3.05, 3.63) is 21.3 Å². The molecule has 70 valence electrons. The van der Waals surface area contributed by atoms with Crippen molar-refractivity contribution in [3.63, 3.8) is 0 Å². The molecule has 0 aromatic carbocycles. The lowest BCUT2D eigenvalue weighted by atomic mass is 10.3. The third-order valence-corrected chi connectivity index (χ3v) is 4.13. The second-order valence-corrected chi connectivity index (χ2v) is 5.05. The minimum Gasteiger partial charge on any atom is -0.346 e. The highest BCUT2D eigenvalue weighted by molar-refractivity contribution is 8.14. The molecule has 0 unspecified atom stereocenters. The first-order chi connectivity index (χ1) is 6.27. The van der Waals surface area contributed by atoms with E-state index in [1.165, 1.54) is 0 Å². The molecule has 1 aromatic rings. The van der Waals surface area contributed by atoms with E-state index in [0.717, 1.165) is 29.4 Å². The summed E-state index contributed by atoms with van der Waals surface area (Å²) in [5.41, 5.74) is 1.14. The largest absolute Gasteiger partial charge is 0.346 e. The molecule has 2 nitrogen and oxygen atoms in total. The van der Waals surface area contributed by atoms with Crippen molar-refractivity contribution in [1.29, 1.82) is 5.41 Å². The summed E-state index contributed by atoms with van der Waals surface area (Å²) < 4.78 is 0. The summed E-state index contributed by atoms with van der Waals surface area (Å²) in [5, 5.41) is 13.1. The highest BCUT2D eigenvalue weighted by Gasteiger charge is 2.18. The van der Waals surface area contributed by atoms with Crippen molar-refractivity contribution in [1.82, 2.24) is 4.90 Å². The van der Waals surface area contributed by atoms with E-state index in [9.17, 15) is 0 Å². The van der Waals surface area contributed by atoms with Gasteiger partial charge in [-0.25, -0.2) is 0 Å². The van der Waals surface area contributed by atoms with Crippen molar-refractivity contribution in [3.8, 4) is 0 Å². The van der Waals surface area contributed by atoms with Crippen LogP contribution in [0, 0.1) is 5.41 Å². The van der Waals surface area contributed by atoms with Gasteiger partial charge in [-0.3, -0.25) is 5.41 Å². The molecule has 1 aromatic heterocycles. The fraction of sp³-hybridized carbons (Fsp3) is 0.375. The van der Waals surface area contributed by atoms with Gasteiger partial charge < -0.3 is 4.90 Å². The summed E-state index contributed by atoms with van der Waals surface area (Å²) in [5.74, 6) is 1.03. The Morgan fingerprint density at radius 2 is 2.38 bits per heavy atom. The van der Waals surface area contributed by atoms with Crippen LogP contribution in [0.25, 0.3) is 0 Å². The van der Waals surface area contributed by atoms with Crippen LogP contribution in [0.5, 0.6) is 0 Å². The van der Waals surface area contributed by atoms with Crippen LogP contribution < -0.4 is 0 Å². The molecule has 0 aliphatic carbocycles. The fourth-order valence-corrected chi connectivity index (χ4v) is 3.10. The molecule has 1 N–H and O–H groups in total. The predicted octanol–water partition coefficient (Wildman–Crippen LogP) is 2.89. The number of amidine groups is 1. The topological polar surface area (TPSA) is 27.1 Å². The van der Waals surface area contributed by atoms with Crippen molar-refractivity contribution in [2.45, 2.75) is 6.54 Å². The Labute approximate surface area is 90.4 Å². The predicted molar refractivity (Wildman–Crippen MR) is 59.9 cm³/mol. The van der Waals surface area contributed by atoms with E-state index in [0.29, 0.717) is 5.17 Å². The third kappa shape index (κ3) is 2.00. The molecule has 1 saturated heterocycles. The number of nitrogens with zero attached hydrogens (tertiary/aromatic N) is 1. The number of thiophene rings is 1. The van der Waals surface area contributed by atoms with Gasteiger partial charge in [0.2, 0.25) is 0 Å². The average Bonchev–Trinajstić information content (AvgIpc) is 2.65. The Kier molecular flexibility index (Phi) is 2.81. The standard InChI is InChI=1S/C8H9ClN2S2/c9-7-5-12-4-6(7)3-11-1-2-13-8(11)10/h4-5,10H,1-3H2. The first-order valence-electron chi connectivity index (χ1n) is 3.94. The van der Waals surface area contributed by atoms with Crippen molar-refractivity contribution < 1.29 is 0 Å². The molecular formula is C8H9ClN2S2. The minimum absolute atomic E-state index is 0.669. The zero-order valence-corrected chi connectivity index (χ0v) is 9.31. The van der Waals surface area contributed by atoms with E-state index in [-0.39, 0.29) is 0 Å². The number of halogens is 1. The van der Waals surface area contributed by atoms with Crippen molar-refractivity contribution in [2.75, 3.05) is 12.3 Å². The lowest BCUT2D eigenvalue weighted by Crippen LogP contribution is -2.22. The SMILES string of the molecule is N=C1SCCN1Cc1cscc1Cl. The molecule has 0 bridgehead atoms. The zero-order chi connectivity index (χ0) is 9.26. The normalized spacial score (nSPS) is 17.0.